The molecule has 0 spiro atoms. The number of amides is 1. The molecule has 0 aliphatic carbocycles. The average Bonchev–Trinajstić information content (AvgIpc) is 3.04. The molecule has 2 aromatic carbocycles. The molecular weight excluding hydrogens is 435 g/mol. The highest BCUT2D eigenvalue weighted by Gasteiger charge is 2.45. The van der Waals surface area contributed by atoms with Gasteiger partial charge in [0.1, 0.15) is 17.3 Å². The SMILES string of the molecule is CC(C)CCOc1cccc([C@@H]2C(=C(O)c3ccc(F)cc3)C(=O)C(=O)N2CCCN(C)C)c1. The average molecular weight is 469 g/mol. The predicted octanol–water partition coefficient (Wildman–Crippen LogP) is 4.62. The maximum atomic E-state index is 13.4. The predicted molar refractivity (Wildman–Crippen MR) is 130 cm³/mol. The summed E-state index contributed by atoms with van der Waals surface area (Å²) in [6.07, 6.45) is 1.56. The summed E-state index contributed by atoms with van der Waals surface area (Å²) in [6, 6.07) is 11.7. The first-order valence-electron chi connectivity index (χ1n) is 11.6. The molecule has 1 fully saturated rings. The van der Waals surface area contributed by atoms with Gasteiger partial charge in [0, 0.05) is 12.1 Å². The van der Waals surface area contributed by atoms with E-state index in [0.717, 1.165) is 13.0 Å². The molecule has 2 aromatic rings. The van der Waals surface area contributed by atoms with Crippen LogP contribution in [0, 0.1) is 11.7 Å². The normalized spacial score (nSPS) is 17.7. The van der Waals surface area contributed by atoms with Crippen molar-refractivity contribution in [3.63, 3.8) is 0 Å². The molecule has 1 aliphatic heterocycles. The van der Waals surface area contributed by atoms with Gasteiger partial charge in [-0.2, -0.15) is 0 Å². The Morgan fingerprint density at radius 1 is 1.15 bits per heavy atom. The number of ketones is 1. The first-order valence-corrected chi connectivity index (χ1v) is 11.6. The van der Waals surface area contributed by atoms with Crippen molar-refractivity contribution in [2.75, 3.05) is 33.8 Å². The van der Waals surface area contributed by atoms with E-state index in [1.54, 1.807) is 0 Å². The number of rotatable bonds is 10. The van der Waals surface area contributed by atoms with Crippen LogP contribution in [0.25, 0.3) is 5.76 Å². The van der Waals surface area contributed by atoms with E-state index in [9.17, 15) is 19.1 Å². The number of halogens is 1. The Hall–Kier alpha value is -3.19. The highest BCUT2D eigenvalue weighted by molar-refractivity contribution is 6.46. The molecule has 0 saturated carbocycles. The van der Waals surface area contributed by atoms with Crippen LogP contribution < -0.4 is 4.74 Å². The Morgan fingerprint density at radius 2 is 1.85 bits per heavy atom. The lowest BCUT2D eigenvalue weighted by Gasteiger charge is -2.26. The molecule has 6 nitrogen and oxygen atoms in total. The minimum absolute atomic E-state index is 0.000733. The summed E-state index contributed by atoms with van der Waals surface area (Å²) >= 11 is 0. The van der Waals surface area contributed by atoms with Crippen molar-refractivity contribution in [2.24, 2.45) is 5.92 Å². The van der Waals surface area contributed by atoms with Crippen LogP contribution >= 0.6 is 0 Å². The van der Waals surface area contributed by atoms with Crippen molar-refractivity contribution < 1.29 is 23.8 Å². The molecular formula is C27H33FN2O4. The van der Waals surface area contributed by atoms with Crippen molar-refractivity contribution >= 4 is 17.4 Å². The van der Waals surface area contributed by atoms with Crippen molar-refractivity contribution in [1.82, 2.24) is 9.80 Å². The van der Waals surface area contributed by atoms with Gasteiger partial charge in [-0.05, 0) is 81.4 Å². The van der Waals surface area contributed by atoms with E-state index in [1.165, 1.54) is 29.2 Å². The summed E-state index contributed by atoms with van der Waals surface area (Å²) in [4.78, 5) is 29.6. The number of benzene rings is 2. The molecule has 182 valence electrons. The van der Waals surface area contributed by atoms with Crippen molar-refractivity contribution in [3.05, 3.63) is 71.0 Å². The maximum absolute atomic E-state index is 13.4. The molecule has 1 N–H and O–H groups in total. The van der Waals surface area contributed by atoms with E-state index in [2.05, 4.69) is 13.8 Å². The Bertz CT molecular complexity index is 1050. The Balaban J connectivity index is 2.02. The van der Waals surface area contributed by atoms with E-state index >= 15 is 0 Å². The number of aliphatic hydroxyl groups is 1. The largest absolute Gasteiger partial charge is 0.507 e. The lowest BCUT2D eigenvalue weighted by Crippen LogP contribution is -2.32. The fourth-order valence-corrected chi connectivity index (χ4v) is 3.96. The number of likely N-dealkylation sites (tertiary alicyclic amines) is 1. The van der Waals surface area contributed by atoms with Crippen molar-refractivity contribution in [2.45, 2.75) is 32.7 Å². The number of carbonyl (C=O) groups is 2. The lowest BCUT2D eigenvalue weighted by atomic mass is 9.95. The van der Waals surface area contributed by atoms with Crippen molar-refractivity contribution in [1.29, 1.82) is 0 Å². The number of aliphatic hydroxyl groups excluding tert-OH is 1. The van der Waals surface area contributed by atoms with Crippen LogP contribution in [0.3, 0.4) is 0 Å². The molecule has 3 rings (SSSR count). The number of hydrogen-bond donors (Lipinski definition) is 1. The fraction of sp³-hybridized carbons (Fsp3) is 0.407. The second-order valence-corrected chi connectivity index (χ2v) is 9.26. The van der Waals surface area contributed by atoms with Crippen LogP contribution in [0.1, 0.15) is 43.9 Å². The molecule has 34 heavy (non-hydrogen) atoms. The van der Waals surface area contributed by atoms with E-state index < -0.39 is 23.5 Å². The van der Waals surface area contributed by atoms with E-state index in [1.807, 2.05) is 43.3 Å². The topological polar surface area (TPSA) is 70.1 Å². The number of hydrogen-bond acceptors (Lipinski definition) is 5. The Kier molecular flexibility index (Phi) is 8.45. The standard InChI is InChI=1S/C27H33FN2O4/c1-18(2)13-16-34-22-8-5-7-20(17-22)24-23(25(31)19-9-11-21(28)12-10-19)26(32)27(33)30(24)15-6-14-29(3)4/h5,7-12,17-18,24,31H,6,13-16H2,1-4H3/t24-/m1/s1. The van der Waals surface area contributed by atoms with Crippen LogP contribution in [-0.4, -0.2) is 60.4 Å². The van der Waals surface area contributed by atoms with Gasteiger partial charge < -0.3 is 19.6 Å². The molecule has 0 radical (unpaired) electrons. The van der Waals surface area contributed by atoms with Gasteiger partial charge in [0.2, 0.25) is 0 Å². The smallest absolute Gasteiger partial charge is 0.295 e. The highest BCUT2D eigenvalue weighted by Crippen LogP contribution is 2.40. The van der Waals surface area contributed by atoms with Crippen LogP contribution in [0.4, 0.5) is 4.39 Å². The quantitative estimate of drug-likeness (QED) is 0.313. The van der Waals surface area contributed by atoms with Crippen LogP contribution in [0.5, 0.6) is 5.75 Å². The summed E-state index contributed by atoms with van der Waals surface area (Å²) in [5.41, 5.74) is 0.956. The molecule has 1 atom stereocenters. The molecule has 0 unspecified atom stereocenters. The van der Waals surface area contributed by atoms with Crippen LogP contribution in [0.15, 0.2) is 54.1 Å². The van der Waals surface area contributed by atoms with E-state index in [4.69, 9.17) is 4.74 Å². The first-order chi connectivity index (χ1) is 16.2. The van der Waals surface area contributed by atoms with Gasteiger partial charge in [-0.1, -0.05) is 26.0 Å². The zero-order valence-electron chi connectivity index (χ0n) is 20.3. The second-order valence-electron chi connectivity index (χ2n) is 9.26. The minimum Gasteiger partial charge on any atom is -0.507 e. The van der Waals surface area contributed by atoms with E-state index in [0.29, 0.717) is 36.8 Å². The van der Waals surface area contributed by atoms with E-state index in [-0.39, 0.29) is 16.9 Å². The molecule has 0 bridgehead atoms. The van der Waals surface area contributed by atoms with Crippen molar-refractivity contribution in [3.8, 4) is 5.75 Å². The van der Waals surface area contributed by atoms with Gasteiger partial charge in [-0.25, -0.2) is 4.39 Å². The zero-order valence-corrected chi connectivity index (χ0v) is 20.3. The second kappa shape index (κ2) is 11.3. The first kappa shape index (κ1) is 25.4. The number of carbonyl (C=O) groups excluding carboxylic acids is 2. The summed E-state index contributed by atoms with van der Waals surface area (Å²) in [5.74, 6) is -1.03. The van der Waals surface area contributed by atoms with Crippen LogP contribution in [0.2, 0.25) is 0 Å². The molecule has 1 heterocycles. The monoisotopic (exact) mass is 468 g/mol. The van der Waals surface area contributed by atoms with Gasteiger partial charge in [0.05, 0.1) is 18.2 Å². The molecule has 1 amide bonds. The third-order valence-electron chi connectivity index (χ3n) is 5.80. The van der Waals surface area contributed by atoms with Crippen LogP contribution in [-0.2, 0) is 9.59 Å². The summed E-state index contributed by atoms with van der Waals surface area (Å²) in [5, 5.41) is 11.1. The highest BCUT2D eigenvalue weighted by atomic mass is 19.1. The summed E-state index contributed by atoms with van der Waals surface area (Å²) < 4.78 is 19.3. The third kappa shape index (κ3) is 6.03. The van der Waals surface area contributed by atoms with Gasteiger partial charge in [-0.15, -0.1) is 0 Å². The lowest BCUT2D eigenvalue weighted by molar-refractivity contribution is -0.139. The number of nitrogens with zero attached hydrogens (tertiary/aromatic N) is 2. The molecule has 0 aromatic heterocycles. The molecule has 1 aliphatic rings. The summed E-state index contributed by atoms with van der Waals surface area (Å²) in [6.45, 7) is 5.89. The Morgan fingerprint density at radius 3 is 2.50 bits per heavy atom. The van der Waals surface area contributed by atoms with Gasteiger partial charge >= 0.3 is 0 Å². The molecule has 7 heteroatoms. The zero-order chi connectivity index (χ0) is 24.8. The minimum atomic E-state index is -0.763. The Labute approximate surface area is 200 Å². The van der Waals surface area contributed by atoms with Gasteiger partial charge in [0.25, 0.3) is 11.7 Å². The number of Topliss-reactive ketones (excluding diaryl/α,β-unsaturated/α-hetero) is 1. The summed E-state index contributed by atoms with van der Waals surface area (Å²) in [7, 11) is 3.89. The molecule has 1 saturated heterocycles. The number of ether oxygens (including phenoxy) is 1. The van der Waals surface area contributed by atoms with Gasteiger partial charge in [-0.3, -0.25) is 9.59 Å². The fourth-order valence-electron chi connectivity index (χ4n) is 3.96. The van der Waals surface area contributed by atoms with Gasteiger partial charge in [0.15, 0.2) is 0 Å². The third-order valence-corrected chi connectivity index (χ3v) is 5.80. The maximum Gasteiger partial charge on any atom is 0.295 e.